The molecule has 0 aliphatic rings. The molecule has 0 N–H and O–H groups in total. The zero-order valence-corrected chi connectivity index (χ0v) is 14.2. The van der Waals surface area contributed by atoms with Gasteiger partial charge in [0.1, 0.15) is 5.75 Å². The van der Waals surface area contributed by atoms with Crippen molar-refractivity contribution in [2.24, 2.45) is 5.41 Å². The molecule has 0 aromatic heterocycles. The summed E-state index contributed by atoms with van der Waals surface area (Å²) in [6.07, 6.45) is 4.72. The minimum absolute atomic E-state index is 0.209. The van der Waals surface area contributed by atoms with Gasteiger partial charge in [-0.15, -0.1) is 0 Å². The normalized spacial score (nSPS) is 11.4. The molecule has 0 fully saturated rings. The lowest BCUT2D eigenvalue weighted by Crippen LogP contribution is -2.30. The van der Waals surface area contributed by atoms with Crippen molar-refractivity contribution in [3.63, 3.8) is 0 Å². The Balaban J connectivity index is 2.73. The molecule has 0 spiro atoms. The Morgan fingerprint density at radius 2 is 1.80 bits per heavy atom. The predicted octanol–water partition coefficient (Wildman–Crippen LogP) is 4.65. The van der Waals surface area contributed by atoms with Crippen LogP contribution in [0.3, 0.4) is 0 Å². The molecule has 1 rings (SSSR count). The van der Waals surface area contributed by atoms with Crippen molar-refractivity contribution in [2.75, 3.05) is 31.4 Å². The standard InChI is InChI=1S/C17H29NOS/c1-5-10-17(14-20,11-6-2)13-19-16-9-7-8-15(12-16)18(3)4/h7-9,12,20H,5-6,10-11,13-14H2,1-4H3. The van der Waals surface area contributed by atoms with E-state index >= 15 is 0 Å². The van der Waals surface area contributed by atoms with Crippen molar-refractivity contribution < 1.29 is 4.74 Å². The van der Waals surface area contributed by atoms with Crippen LogP contribution in [-0.2, 0) is 0 Å². The summed E-state index contributed by atoms with van der Waals surface area (Å²) < 4.78 is 6.08. The Bertz CT molecular complexity index is 386. The van der Waals surface area contributed by atoms with Crippen molar-refractivity contribution >= 4 is 18.3 Å². The highest BCUT2D eigenvalue weighted by Crippen LogP contribution is 2.32. The molecule has 0 bridgehead atoms. The molecule has 114 valence electrons. The fourth-order valence-electron chi connectivity index (χ4n) is 2.62. The number of hydrogen-bond acceptors (Lipinski definition) is 3. The molecule has 0 amide bonds. The zero-order valence-electron chi connectivity index (χ0n) is 13.4. The van der Waals surface area contributed by atoms with E-state index in [-0.39, 0.29) is 5.41 Å². The van der Waals surface area contributed by atoms with Crippen LogP contribution >= 0.6 is 12.6 Å². The van der Waals surface area contributed by atoms with Crippen LogP contribution in [0.15, 0.2) is 24.3 Å². The Morgan fingerprint density at radius 3 is 2.30 bits per heavy atom. The van der Waals surface area contributed by atoms with Crippen LogP contribution in [0.5, 0.6) is 5.75 Å². The van der Waals surface area contributed by atoms with E-state index in [1.54, 1.807) is 0 Å². The Kier molecular flexibility index (Phi) is 7.28. The number of hydrogen-bond donors (Lipinski definition) is 1. The van der Waals surface area contributed by atoms with E-state index in [0.717, 1.165) is 18.1 Å². The van der Waals surface area contributed by atoms with Gasteiger partial charge in [0, 0.05) is 31.3 Å². The second-order valence-corrected chi connectivity index (χ2v) is 6.15. The van der Waals surface area contributed by atoms with E-state index in [4.69, 9.17) is 4.74 Å². The summed E-state index contributed by atoms with van der Waals surface area (Å²) in [4.78, 5) is 2.09. The van der Waals surface area contributed by atoms with Gasteiger partial charge in [0.2, 0.25) is 0 Å². The molecule has 0 saturated carbocycles. The van der Waals surface area contributed by atoms with E-state index in [0.29, 0.717) is 0 Å². The van der Waals surface area contributed by atoms with E-state index in [9.17, 15) is 0 Å². The first kappa shape index (κ1) is 17.2. The van der Waals surface area contributed by atoms with Gasteiger partial charge in [0.25, 0.3) is 0 Å². The lowest BCUT2D eigenvalue weighted by Gasteiger charge is -2.32. The Morgan fingerprint density at radius 1 is 1.15 bits per heavy atom. The molecule has 0 saturated heterocycles. The van der Waals surface area contributed by atoms with Gasteiger partial charge in [-0.2, -0.15) is 12.6 Å². The van der Waals surface area contributed by atoms with Crippen LogP contribution in [0.25, 0.3) is 0 Å². The van der Waals surface area contributed by atoms with Crippen LogP contribution < -0.4 is 9.64 Å². The largest absolute Gasteiger partial charge is 0.493 e. The number of anilines is 1. The van der Waals surface area contributed by atoms with Gasteiger partial charge in [-0.05, 0) is 30.7 Å². The lowest BCUT2D eigenvalue weighted by molar-refractivity contribution is 0.143. The van der Waals surface area contributed by atoms with Crippen LogP contribution in [0, 0.1) is 5.41 Å². The summed E-state index contributed by atoms with van der Waals surface area (Å²) in [5.41, 5.74) is 1.38. The molecule has 0 heterocycles. The summed E-state index contributed by atoms with van der Waals surface area (Å²) in [5, 5.41) is 0. The molecule has 0 atom stereocenters. The SMILES string of the molecule is CCCC(CS)(CCC)COc1cccc(N(C)C)c1. The van der Waals surface area contributed by atoms with Gasteiger partial charge >= 0.3 is 0 Å². The molecule has 3 heteroatoms. The maximum absolute atomic E-state index is 6.08. The molecule has 0 aliphatic heterocycles. The fourth-order valence-corrected chi connectivity index (χ4v) is 3.03. The summed E-state index contributed by atoms with van der Waals surface area (Å²) in [5.74, 6) is 1.84. The first-order chi connectivity index (χ1) is 9.56. The van der Waals surface area contributed by atoms with Gasteiger partial charge in [-0.3, -0.25) is 0 Å². The quantitative estimate of drug-likeness (QED) is 0.666. The van der Waals surface area contributed by atoms with Crippen molar-refractivity contribution in [2.45, 2.75) is 39.5 Å². The van der Waals surface area contributed by atoms with Crippen LogP contribution in [0.4, 0.5) is 5.69 Å². The van der Waals surface area contributed by atoms with Crippen molar-refractivity contribution in [1.29, 1.82) is 0 Å². The van der Waals surface area contributed by atoms with E-state index in [1.807, 2.05) is 26.2 Å². The highest BCUT2D eigenvalue weighted by molar-refractivity contribution is 7.80. The molecular formula is C17H29NOS. The molecule has 20 heavy (non-hydrogen) atoms. The molecule has 1 aromatic carbocycles. The molecule has 0 unspecified atom stereocenters. The highest BCUT2D eigenvalue weighted by atomic mass is 32.1. The van der Waals surface area contributed by atoms with Gasteiger partial charge < -0.3 is 9.64 Å². The summed E-state index contributed by atoms with van der Waals surface area (Å²) in [6, 6.07) is 8.28. The second-order valence-electron chi connectivity index (χ2n) is 5.84. The minimum atomic E-state index is 0.209. The third-order valence-electron chi connectivity index (χ3n) is 3.78. The van der Waals surface area contributed by atoms with E-state index in [1.165, 1.54) is 31.4 Å². The average Bonchev–Trinajstić information content (AvgIpc) is 2.45. The smallest absolute Gasteiger partial charge is 0.121 e. The zero-order chi connectivity index (χ0) is 15.0. The Hall–Kier alpha value is -0.830. The van der Waals surface area contributed by atoms with Crippen molar-refractivity contribution in [3.8, 4) is 5.75 Å². The first-order valence-electron chi connectivity index (χ1n) is 7.58. The first-order valence-corrected chi connectivity index (χ1v) is 8.21. The molecule has 0 aliphatic carbocycles. The molecular weight excluding hydrogens is 266 g/mol. The molecule has 0 radical (unpaired) electrons. The second kappa shape index (κ2) is 8.46. The fraction of sp³-hybridized carbons (Fsp3) is 0.647. The maximum atomic E-state index is 6.08. The monoisotopic (exact) mass is 295 g/mol. The van der Waals surface area contributed by atoms with E-state index in [2.05, 4.69) is 43.5 Å². The number of thiol groups is 1. The predicted molar refractivity (Wildman–Crippen MR) is 92.4 cm³/mol. The highest BCUT2D eigenvalue weighted by Gasteiger charge is 2.27. The van der Waals surface area contributed by atoms with Crippen LogP contribution in [-0.4, -0.2) is 26.5 Å². The van der Waals surface area contributed by atoms with Gasteiger partial charge in [0.05, 0.1) is 6.61 Å². The average molecular weight is 295 g/mol. The van der Waals surface area contributed by atoms with Crippen LogP contribution in [0.1, 0.15) is 39.5 Å². The van der Waals surface area contributed by atoms with Crippen molar-refractivity contribution in [1.82, 2.24) is 0 Å². The summed E-state index contributed by atoms with van der Waals surface area (Å²) in [6.45, 7) is 5.23. The van der Waals surface area contributed by atoms with Crippen LogP contribution in [0.2, 0.25) is 0 Å². The molecule has 2 nitrogen and oxygen atoms in total. The van der Waals surface area contributed by atoms with Crippen molar-refractivity contribution in [3.05, 3.63) is 24.3 Å². The topological polar surface area (TPSA) is 12.5 Å². The third-order valence-corrected chi connectivity index (χ3v) is 4.45. The number of ether oxygens (including phenoxy) is 1. The maximum Gasteiger partial charge on any atom is 0.121 e. The lowest BCUT2D eigenvalue weighted by atomic mass is 9.82. The van der Waals surface area contributed by atoms with Gasteiger partial charge in [0.15, 0.2) is 0 Å². The summed E-state index contributed by atoms with van der Waals surface area (Å²) in [7, 11) is 4.09. The summed E-state index contributed by atoms with van der Waals surface area (Å²) >= 11 is 4.58. The number of rotatable bonds is 9. The third kappa shape index (κ3) is 4.93. The van der Waals surface area contributed by atoms with E-state index < -0.39 is 0 Å². The van der Waals surface area contributed by atoms with Gasteiger partial charge in [-0.1, -0.05) is 32.8 Å². The van der Waals surface area contributed by atoms with Gasteiger partial charge in [-0.25, -0.2) is 0 Å². The Labute approximate surface area is 129 Å². The minimum Gasteiger partial charge on any atom is -0.493 e. The molecule has 1 aromatic rings. The number of nitrogens with zero attached hydrogens (tertiary/aromatic N) is 1. The number of benzene rings is 1.